The summed E-state index contributed by atoms with van der Waals surface area (Å²) < 4.78 is 39.4. The van der Waals surface area contributed by atoms with Gasteiger partial charge in [0, 0.05) is 57.2 Å². The van der Waals surface area contributed by atoms with E-state index in [-0.39, 0.29) is 30.5 Å². The number of carbonyl (C=O) groups excluding carboxylic acids is 2. The Morgan fingerprint density at radius 3 is 2.29 bits per heavy atom. The molecule has 0 spiro atoms. The predicted octanol–water partition coefficient (Wildman–Crippen LogP) is 2.82. The smallest absolute Gasteiger partial charge is 0.326 e. The van der Waals surface area contributed by atoms with Gasteiger partial charge in [0.15, 0.2) is 0 Å². The van der Waals surface area contributed by atoms with Gasteiger partial charge in [-0.3, -0.25) is 24.4 Å². The number of amides is 2. The molecule has 0 saturated carbocycles. The quantitative estimate of drug-likeness (QED) is 0.730. The van der Waals surface area contributed by atoms with Gasteiger partial charge in [-0.1, -0.05) is 12.1 Å². The number of carbonyl (C=O) groups is 2. The molecule has 2 N–H and O–H groups in total. The van der Waals surface area contributed by atoms with Crippen LogP contribution in [0.15, 0.2) is 42.6 Å². The number of halogens is 3. The van der Waals surface area contributed by atoms with Gasteiger partial charge in [0.2, 0.25) is 11.8 Å². The highest BCUT2D eigenvalue weighted by atomic mass is 19.4. The van der Waals surface area contributed by atoms with E-state index in [1.165, 1.54) is 19.1 Å². The molecule has 3 rings (SSSR count). The first-order valence-electron chi connectivity index (χ1n) is 9.84. The van der Waals surface area contributed by atoms with Crippen LogP contribution in [0, 0.1) is 0 Å². The largest absolute Gasteiger partial charge is 0.433 e. The molecular weight excluding hydrogens is 411 g/mol. The molecule has 0 unspecified atom stereocenters. The lowest BCUT2D eigenvalue weighted by atomic mass is 10.1. The number of nitrogens with zero attached hydrogens (tertiary/aromatic N) is 3. The van der Waals surface area contributed by atoms with Gasteiger partial charge in [-0.25, -0.2) is 0 Å². The van der Waals surface area contributed by atoms with Crippen LogP contribution in [-0.4, -0.2) is 59.3 Å². The number of piperazine rings is 1. The topological polar surface area (TPSA) is 77.6 Å². The Labute approximate surface area is 178 Å². The summed E-state index contributed by atoms with van der Waals surface area (Å²) in [7, 11) is 0. The molecule has 2 heterocycles. The van der Waals surface area contributed by atoms with Crippen LogP contribution in [0.25, 0.3) is 0 Å². The molecule has 0 aliphatic carbocycles. The lowest BCUT2D eigenvalue weighted by Gasteiger charge is -2.34. The van der Waals surface area contributed by atoms with Crippen LogP contribution < -0.4 is 10.6 Å². The number of anilines is 2. The third kappa shape index (κ3) is 6.76. The minimum atomic E-state index is -4.48. The fourth-order valence-corrected chi connectivity index (χ4v) is 3.45. The van der Waals surface area contributed by atoms with E-state index in [1.54, 1.807) is 24.3 Å². The molecule has 2 amide bonds. The van der Waals surface area contributed by atoms with Crippen molar-refractivity contribution in [3.63, 3.8) is 0 Å². The number of hydrogen-bond acceptors (Lipinski definition) is 5. The van der Waals surface area contributed by atoms with Crippen LogP contribution in [0.1, 0.15) is 18.2 Å². The summed E-state index contributed by atoms with van der Waals surface area (Å²) >= 11 is 0. The van der Waals surface area contributed by atoms with Gasteiger partial charge >= 0.3 is 6.18 Å². The predicted molar refractivity (Wildman–Crippen MR) is 110 cm³/mol. The molecular formula is C21H24F3N5O2. The Hall–Kier alpha value is -2.98. The Balaban J connectivity index is 1.48. The lowest BCUT2D eigenvalue weighted by molar-refractivity contribution is -0.142. The van der Waals surface area contributed by atoms with E-state index in [4.69, 9.17) is 0 Å². The van der Waals surface area contributed by atoms with Crippen molar-refractivity contribution in [2.75, 3.05) is 43.4 Å². The van der Waals surface area contributed by atoms with Crippen molar-refractivity contribution in [1.82, 2.24) is 14.8 Å². The van der Waals surface area contributed by atoms with E-state index in [1.807, 2.05) is 9.80 Å². The maximum absolute atomic E-state index is 13.1. The zero-order valence-electron chi connectivity index (χ0n) is 17.1. The van der Waals surface area contributed by atoms with Crippen molar-refractivity contribution in [3.8, 4) is 0 Å². The number of benzene rings is 1. The summed E-state index contributed by atoms with van der Waals surface area (Å²) in [6.45, 7) is 4.00. The number of pyridine rings is 1. The molecule has 0 atom stereocenters. The average Bonchev–Trinajstić information content (AvgIpc) is 2.69. The van der Waals surface area contributed by atoms with Gasteiger partial charge in [0.1, 0.15) is 5.69 Å². The molecule has 0 bridgehead atoms. The second kappa shape index (κ2) is 9.88. The summed E-state index contributed by atoms with van der Waals surface area (Å²) in [5.74, 6) is -0.393. The van der Waals surface area contributed by atoms with E-state index in [9.17, 15) is 22.8 Å². The van der Waals surface area contributed by atoms with Crippen molar-refractivity contribution in [3.05, 3.63) is 53.9 Å². The molecule has 1 saturated heterocycles. The highest BCUT2D eigenvalue weighted by Crippen LogP contribution is 2.30. The summed E-state index contributed by atoms with van der Waals surface area (Å²) in [5.41, 5.74) is 0.470. The SMILES string of the molecule is CC(=O)Nc1cccc(NC(=O)CN2CCN(Cc3cccnc3C(F)(F)F)CC2)c1. The molecule has 7 nitrogen and oxygen atoms in total. The van der Waals surface area contributed by atoms with Gasteiger partial charge in [-0.05, 0) is 29.8 Å². The number of hydrogen-bond donors (Lipinski definition) is 2. The number of aromatic nitrogens is 1. The van der Waals surface area contributed by atoms with Gasteiger partial charge in [0.25, 0.3) is 0 Å². The van der Waals surface area contributed by atoms with Crippen LogP contribution in [0.5, 0.6) is 0 Å². The first-order valence-corrected chi connectivity index (χ1v) is 9.84. The van der Waals surface area contributed by atoms with Crippen molar-refractivity contribution >= 4 is 23.2 Å². The van der Waals surface area contributed by atoms with Crippen LogP contribution in [-0.2, 0) is 22.3 Å². The molecule has 0 radical (unpaired) electrons. The van der Waals surface area contributed by atoms with Crippen molar-refractivity contribution in [2.24, 2.45) is 0 Å². The first kappa shape index (κ1) is 22.7. The highest BCUT2D eigenvalue weighted by molar-refractivity contribution is 5.94. The average molecular weight is 435 g/mol. The number of alkyl halides is 3. The molecule has 10 heteroatoms. The molecule has 166 valence electrons. The maximum atomic E-state index is 13.1. The minimum Gasteiger partial charge on any atom is -0.326 e. The molecule has 1 aromatic heterocycles. The second-order valence-corrected chi connectivity index (χ2v) is 7.37. The van der Waals surface area contributed by atoms with E-state index in [2.05, 4.69) is 15.6 Å². The summed E-state index contributed by atoms with van der Waals surface area (Å²) in [6.07, 6.45) is -3.33. The minimum absolute atomic E-state index is 0.153. The molecule has 1 fully saturated rings. The Kier molecular flexibility index (Phi) is 7.24. The van der Waals surface area contributed by atoms with Crippen LogP contribution in [0.4, 0.5) is 24.5 Å². The summed E-state index contributed by atoms with van der Waals surface area (Å²) in [6, 6.07) is 9.81. The van der Waals surface area contributed by atoms with Gasteiger partial charge in [-0.2, -0.15) is 13.2 Å². The van der Waals surface area contributed by atoms with E-state index >= 15 is 0 Å². The summed E-state index contributed by atoms with van der Waals surface area (Å²) in [5, 5.41) is 5.46. The zero-order chi connectivity index (χ0) is 22.4. The second-order valence-electron chi connectivity index (χ2n) is 7.37. The first-order chi connectivity index (χ1) is 14.7. The normalized spacial score (nSPS) is 15.5. The monoisotopic (exact) mass is 435 g/mol. The maximum Gasteiger partial charge on any atom is 0.433 e. The molecule has 2 aromatic rings. The van der Waals surface area contributed by atoms with E-state index in [0.717, 1.165) is 6.20 Å². The standard InChI is InChI=1S/C21H24F3N5O2/c1-15(30)26-17-5-2-6-18(12-17)27-19(31)14-29-10-8-28(9-11-29)13-16-4-3-7-25-20(16)21(22,23)24/h2-7,12H,8-11,13-14H2,1H3,(H,26,30)(H,27,31). The van der Waals surface area contributed by atoms with Gasteiger partial charge < -0.3 is 10.6 Å². The number of rotatable bonds is 6. The van der Waals surface area contributed by atoms with Crippen molar-refractivity contribution in [1.29, 1.82) is 0 Å². The molecule has 1 aliphatic rings. The van der Waals surface area contributed by atoms with Crippen LogP contribution in [0.2, 0.25) is 0 Å². The van der Waals surface area contributed by atoms with Crippen LogP contribution >= 0.6 is 0 Å². The van der Waals surface area contributed by atoms with Crippen molar-refractivity contribution < 1.29 is 22.8 Å². The van der Waals surface area contributed by atoms with E-state index in [0.29, 0.717) is 37.6 Å². The summed E-state index contributed by atoms with van der Waals surface area (Å²) in [4.78, 5) is 30.9. The molecule has 1 aromatic carbocycles. The third-order valence-corrected chi connectivity index (χ3v) is 4.85. The Bertz CT molecular complexity index is 927. The van der Waals surface area contributed by atoms with Crippen LogP contribution in [0.3, 0.4) is 0 Å². The fourth-order valence-electron chi connectivity index (χ4n) is 3.45. The number of nitrogens with one attached hydrogen (secondary N) is 2. The fraction of sp³-hybridized carbons (Fsp3) is 0.381. The van der Waals surface area contributed by atoms with Gasteiger partial charge in [0.05, 0.1) is 6.54 Å². The zero-order valence-corrected chi connectivity index (χ0v) is 17.1. The third-order valence-electron chi connectivity index (χ3n) is 4.85. The Morgan fingerprint density at radius 2 is 1.65 bits per heavy atom. The lowest BCUT2D eigenvalue weighted by Crippen LogP contribution is -2.48. The van der Waals surface area contributed by atoms with Crippen molar-refractivity contribution in [2.45, 2.75) is 19.6 Å². The Morgan fingerprint density at radius 1 is 1.00 bits per heavy atom. The highest BCUT2D eigenvalue weighted by Gasteiger charge is 2.35. The molecule has 31 heavy (non-hydrogen) atoms. The van der Waals surface area contributed by atoms with E-state index < -0.39 is 11.9 Å². The molecule has 1 aliphatic heterocycles. The van der Waals surface area contributed by atoms with Gasteiger partial charge in [-0.15, -0.1) is 0 Å².